The number of carboxylic acids is 1. The van der Waals surface area contributed by atoms with E-state index in [2.05, 4.69) is 19.2 Å². The first kappa shape index (κ1) is 17.0. The predicted octanol–water partition coefficient (Wildman–Crippen LogP) is 3.19. The quantitative estimate of drug-likeness (QED) is 0.790. The number of nitrogens with one attached hydrogen (secondary N) is 1. The third-order valence-electron chi connectivity index (χ3n) is 3.61. The number of aliphatic carboxylic acids is 1. The van der Waals surface area contributed by atoms with E-state index < -0.39 is 17.4 Å². The van der Waals surface area contributed by atoms with Crippen molar-refractivity contribution in [3.8, 4) is 0 Å². The molecule has 1 aromatic rings. The molecule has 0 fully saturated rings. The summed E-state index contributed by atoms with van der Waals surface area (Å²) in [5, 5.41) is 11.6. The lowest BCUT2D eigenvalue weighted by Crippen LogP contribution is -2.51. The summed E-state index contributed by atoms with van der Waals surface area (Å²) in [6, 6.07) is 7.93. The molecule has 0 aliphatic heterocycles. The van der Waals surface area contributed by atoms with E-state index >= 15 is 0 Å². The van der Waals surface area contributed by atoms with Gasteiger partial charge in [0.15, 0.2) is 0 Å². The zero-order chi connectivity index (χ0) is 16.0. The van der Waals surface area contributed by atoms with Crippen molar-refractivity contribution in [3.63, 3.8) is 0 Å². The first-order valence-electron chi connectivity index (χ1n) is 7.12. The minimum atomic E-state index is -1.23. The summed E-state index contributed by atoms with van der Waals surface area (Å²) in [7, 11) is 0. The van der Waals surface area contributed by atoms with E-state index in [-0.39, 0.29) is 0 Å². The minimum Gasteiger partial charge on any atom is -0.480 e. The predicted molar refractivity (Wildman–Crippen MR) is 84.0 cm³/mol. The highest BCUT2D eigenvalue weighted by atomic mass is 16.4. The Morgan fingerprint density at radius 3 is 2.29 bits per heavy atom. The highest BCUT2D eigenvalue weighted by Crippen LogP contribution is 2.15. The van der Waals surface area contributed by atoms with Gasteiger partial charge in [-0.15, -0.1) is 0 Å². The third kappa shape index (κ3) is 4.74. The van der Waals surface area contributed by atoms with Crippen molar-refractivity contribution in [3.05, 3.63) is 41.5 Å². The van der Waals surface area contributed by atoms with Crippen molar-refractivity contribution < 1.29 is 14.7 Å². The zero-order valence-electron chi connectivity index (χ0n) is 13.0. The van der Waals surface area contributed by atoms with Crippen LogP contribution >= 0.6 is 0 Å². The van der Waals surface area contributed by atoms with E-state index in [9.17, 15) is 9.59 Å². The van der Waals surface area contributed by atoms with E-state index in [1.54, 1.807) is 13.0 Å². The van der Waals surface area contributed by atoms with Gasteiger partial charge in [0.05, 0.1) is 0 Å². The molecule has 0 spiro atoms. The van der Waals surface area contributed by atoms with Crippen molar-refractivity contribution in [1.29, 1.82) is 0 Å². The second-order valence-electron chi connectivity index (χ2n) is 5.63. The first-order valence-corrected chi connectivity index (χ1v) is 7.12. The summed E-state index contributed by atoms with van der Waals surface area (Å²) in [6.07, 6.45) is 3.36. The van der Waals surface area contributed by atoms with Gasteiger partial charge in [0.2, 0.25) is 5.91 Å². The Balaban J connectivity index is 2.72. The van der Waals surface area contributed by atoms with Crippen LogP contribution in [0, 0.1) is 0 Å². The number of benzene rings is 1. The van der Waals surface area contributed by atoms with Crippen LogP contribution in [0.2, 0.25) is 0 Å². The second-order valence-corrected chi connectivity index (χ2v) is 5.63. The summed E-state index contributed by atoms with van der Waals surface area (Å²) < 4.78 is 0. The van der Waals surface area contributed by atoms with E-state index in [0.29, 0.717) is 12.3 Å². The highest BCUT2D eigenvalue weighted by molar-refractivity contribution is 5.95. The van der Waals surface area contributed by atoms with E-state index in [1.165, 1.54) is 18.6 Å². The van der Waals surface area contributed by atoms with Crippen LogP contribution in [-0.2, 0) is 9.59 Å². The second kappa shape index (κ2) is 7.07. The molecule has 114 valence electrons. The van der Waals surface area contributed by atoms with Crippen LogP contribution in [0.1, 0.15) is 51.2 Å². The maximum Gasteiger partial charge on any atom is 0.329 e. The molecule has 1 atom stereocenters. The SMILES string of the molecule is CCC(C)(NC(=O)C=Cc1ccc(C(C)C)cc1)C(=O)O. The lowest BCUT2D eigenvalue weighted by Gasteiger charge is -2.23. The molecule has 2 N–H and O–H groups in total. The molecule has 0 saturated carbocycles. The number of hydrogen-bond donors (Lipinski definition) is 2. The lowest BCUT2D eigenvalue weighted by molar-refractivity contribution is -0.146. The smallest absolute Gasteiger partial charge is 0.329 e. The van der Waals surface area contributed by atoms with E-state index in [4.69, 9.17) is 5.11 Å². The van der Waals surface area contributed by atoms with Gasteiger partial charge in [-0.3, -0.25) is 4.79 Å². The van der Waals surface area contributed by atoms with Gasteiger partial charge in [0.1, 0.15) is 5.54 Å². The van der Waals surface area contributed by atoms with Crippen LogP contribution in [0.3, 0.4) is 0 Å². The van der Waals surface area contributed by atoms with Gasteiger partial charge in [-0.05, 0) is 36.5 Å². The summed E-state index contributed by atoms with van der Waals surface area (Å²) in [5.41, 5.74) is 0.909. The van der Waals surface area contributed by atoms with Gasteiger partial charge < -0.3 is 10.4 Å². The van der Waals surface area contributed by atoms with Gasteiger partial charge in [-0.1, -0.05) is 45.0 Å². The summed E-state index contributed by atoms with van der Waals surface area (Å²) in [5.74, 6) is -0.977. The topological polar surface area (TPSA) is 66.4 Å². The summed E-state index contributed by atoms with van der Waals surface area (Å²) >= 11 is 0. The van der Waals surface area contributed by atoms with Crippen LogP contribution in [0.4, 0.5) is 0 Å². The average Bonchev–Trinajstić information content (AvgIpc) is 2.45. The number of carbonyl (C=O) groups excluding carboxylic acids is 1. The van der Waals surface area contributed by atoms with Gasteiger partial charge >= 0.3 is 5.97 Å². The van der Waals surface area contributed by atoms with Crippen molar-refractivity contribution in [2.24, 2.45) is 0 Å². The molecular weight excluding hydrogens is 266 g/mol. The Morgan fingerprint density at radius 1 is 1.29 bits per heavy atom. The fourth-order valence-corrected chi connectivity index (χ4v) is 1.77. The molecule has 0 saturated heterocycles. The Hall–Kier alpha value is -2.10. The lowest BCUT2D eigenvalue weighted by atomic mass is 9.99. The molecule has 21 heavy (non-hydrogen) atoms. The molecular formula is C17H23NO3. The largest absolute Gasteiger partial charge is 0.480 e. The van der Waals surface area contributed by atoms with Gasteiger partial charge in [-0.25, -0.2) is 4.79 Å². The van der Waals surface area contributed by atoms with Crippen LogP contribution in [-0.4, -0.2) is 22.5 Å². The fourth-order valence-electron chi connectivity index (χ4n) is 1.77. The number of amides is 1. The molecule has 0 radical (unpaired) electrons. The van der Waals surface area contributed by atoms with E-state index in [1.807, 2.05) is 24.3 Å². The molecule has 1 rings (SSSR count). The standard InChI is InChI=1S/C17H23NO3/c1-5-17(4,16(20)21)18-15(19)11-8-13-6-9-14(10-7-13)12(2)3/h6-12H,5H2,1-4H3,(H,18,19)(H,20,21). The fraction of sp³-hybridized carbons (Fsp3) is 0.412. The molecule has 0 heterocycles. The van der Waals surface area contributed by atoms with Crippen LogP contribution < -0.4 is 5.32 Å². The van der Waals surface area contributed by atoms with Crippen LogP contribution in [0.25, 0.3) is 6.08 Å². The maximum atomic E-state index is 11.8. The maximum absolute atomic E-state index is 11.8. The minimum absolute atomic E-state index is 0.324. The van der Waals surface area contributed by atoms with Crippen LogP contribution in [0.5, 0.6) is 0 Å². The molecule has 0 aliphatic carbocycles. The number of hydrogen-bond acceptors (Lipinski definition) is 2. The normalized spacial score (nSPS) is 14.1. The number of carboxylic acid groups (broad SMARTS) is 1. The summed E-state index contributed by atoms with van der Waals surface area (Å²) in [4.78, 5) is 22.9. The monoisotopic (exact) mass is 289 g/mol. The highest BCUT2D eigenvalue weighted by Gasteiger charge is 2.31. The molecule has 0 aromatic heterocycles. The Bertz CT molecular complexity index is 531. The van der Waals surface area contributed by atoms with Crippen molar-refractivity contribution >= 4 is 18.0 Å². The van der Waals surface area contributed by atoms with Gasteiger partial charge in [0, 0.05) is 6.08 Å². The van der Waals surface area contributed by atoms with Crippen molar-refractivity contribution in [1.82, 2.24) is 5.32 Å². The Labute approximate surface area is 125 Å². The number of carbonyl (C=O) groups is 2. The Morgan fingerprint density at radius 2 is 1.86 bits per heavy atom. The average molecular weight is 289 g/mol. The van der Waals surface area contributed by atoms with Crippen molar-refractivity contribution in [2.75, 3.05) is 0 Å². The molecule has 0 bridgehead atoms. The molecule has 0 aliphatic rings. The van der Waals surface area contributed by atoms with E-state index in [0.717, 1.165) is 5.56 Å². The third-order valence-corrected chi connectivity index (χ3v) is 3.61. The molecule has 1 amide bonds. The first-order chi connectivity index (χ1) is 9.78. The van der Waals surface area contributed by atoms with Gasteiger partial charge in [-0.2, -0.15) is 0 Å². The molecule has 1 aromatic carbocycles. The Kier molecular flexibility index (Phi) is 5.70. The molecule has 1 unspecified atom stereocenters. The molecule has 4 heteroatoms. The molecule has 4 nitrogen and oxygen atoms in total. The van der Waals surface area contributed by atoms with Crippen molar-refractivity contribution in [2.45, 2.75) is 45.6 Å². The summed E-state index contributed by atoms with van der Waals surface area (Å²) in [6.45, 7) is 7.47. The van der Waals surface area contributed by atoms with Gasteiger partial charge in [0.25, 0.3) is 0 Å². The van der Waals surface area contributed by atoms with Crippen LogP contribution in [0.15, 0.2) is 30.3 Å². The number of rotatable bonds is 6. The zero-order valence-corrected chi connectivity index (χ0v) is 13.0.